The van der Waals surface area contributed by atoms with Gasteiger partial charge in [0.2, 0.25) is 0 Å². The summed E-state index contributed by atoms with van der Waals surface area (Å²) in [5, 5.41) is 0. The van der Waals surface area contributed by atoms with Gasteiger partial charge in [-0.3, -0.25) is 9.79 Å². The van der Waals surface area contributed by atoms with Crippen molar-refractivity contribution in [3.8, 4) is 0 Å². The molecule has 27 heavy (non-hydrogen) atoms. The molecule has 0 bridgehead atoms. The molecule has 148 valence electrons. The minimum Gasteiger partial charge on any atom is -0.386 e. The van der Waals surface area contributed by atoms with E-state index >= 15 is 0 Å². The Hall–Kier alpha value is -1.96. The number of nitrogens with two attached hydrogens (primary N) is 1. The zero-order valence-corrected chi connectivity index (χ0v) is 15.0. The molecule has 1 fully saturated rings. The molecule has 1 aliphatic heterocycles. The highest BCUT2D eigenvalue weighted by Gasteiger charge is 2.62. The highest BCUT2D eigenvalue weighted by Crippen LogP contribution is 2.54. The molecule has 2 aliphatic rings. The highest BCUT2D eigenvalue weighted by atomic mass is 19.4. The molecule has 2 N–H and O–H groups in total. The van der Waals surface area contributed by atoms with Gasteiger partial charge in [-0.15, -0.1) is 0 Å². The Morgan fingerprint density at radius 1 is 1.30 bits per heavy atom. The Morgan fingerprint density at radius 2 is 2.00 bits per heavy atom. The molecular weight excluding hydrogens is 364 g/mol. The largest absolute Gasteiger partial charge is 0.401 e. The number of benzene rings is 1. The van der Waals surface area contributed by atoms with Crippen LogP contribution in [0.1, 0.15) is 43.7 Å². The number of hydrogen-bond acceptors (Lipinski definition) is 4. The second-order valence-corrected chi connectivity index (χ2v) is 7.53. The van der Waals surface area contributed by atoms with E-state index in [2.05, 4.69) is 4.99 Å². The Bertz CT molecular complexity index is 771. The maximum atomic E-state index is 14.5. The summed E-state index contributed by atoms with van der Waals surface area (Å²) in [6.07, 6.45) is -4.56. The van der Waals surface area contributed by atoms with Crippen molar-refractivity contribution in [1.29, 1.82) is 0 Å². The van der Waals surface area contributed by atoms with E-state index in [0.29, 0.717) is 25.0 Å². The van der Waals surface area contributed by atoms with Crippen LogP contribution in [-0.2, 0) is 21.5 Å². The molecule has 0 radical (unpaired) electrons. The SMILES string of the molecule is C[C@@]1(c2cc(CC(=O)C3(C(F)(F)F)CCC3)ccc2F)CCOCC(N)=N1. The van der Waals surface area contributed by atoms with Crippen molar-refractivity contribution in [1.82, 2.24) is 0 Å². The predicted octanol–water partition coefficient (Wildman–Crippen LogP) is 3.66. The van der Waals surface area contributed by atoms with Gasteiger partial charge < -0.3 is 10.5 Å². The van der Waals surface area contributed by atoms with Crippen LogP contribution in [-0.4, -0.2) is 31.0 Å². The number of alkyl halides is 3. The lowest BCUT2D eigenvalue weighted by Crippen LogP contribution is -2.50. The number of ketones is 1. The smallest absolute Gasteiger partial charge is 0.386 e. The third kappa shape index (κ3) is 3.59. The molecule has 4 nitrogen and oxygen atoms in total. The number of amidine groups is 1. The van der Waals surface area contributed by atoms with Gasteiger partial charge >= 0.3 is 6.18 Å². The van der Waals surface area contributed by atoms with E-state index in [9.17, 15) is 22.4 Å². The molecule has 3 rings (SSSR count). The molecule has 0 spiro atoms. The minimum atomic E-state index is -4.56. The monoisotopic (exact) mass is 386 g/mol. The third-order valence-corrected chi connectivity index (χ3v) is 5.63. The highest BCUT2D eigenvalue weighted by molar-refractivity contribution is 5.88. The molecule has 0 aromatic heterocycles. The van der Waals surface area contributed by atoms with Gasteiger partial charge in [0.25, 0.3) is 0 Å². The van der Waals surface area contributed by atoms with Crippen molar-refractivity contribution >= 4 is 11.6 Å². The van der Waals surface area contributed by atoms with E-state index in [1.807, 2.05) is 0 Å². The van der Waals surface area contributed by atoms with Crippen molar-refractivity contribution in [3.05, 3.63) is 35.1 Å². The fourth-order valence-electron chi connectivity index (χ4n) is 3.75. The molecule has 1 atom stereocenters. The van der Waals surface area contributed by atoms with Gasteiger partial charge in [-0.25, -0.2) is 4.39 Å². The van der Waals surface area contributed by atoms with Gasteiger partial charge in [-0.1, -0.05) is 18.6 Å². The van der Waals surface area contributed by atoms with Crippen molar-refractivity contribution in [3.63, 3.8) is 0 Å². The van der Waals surface area contributed by atoms with Crippen LogP contribution in [0.25, 0.3) is 0 Å². The quantitative estimate of drug-likeness (QED) is 0.804. The summed E-state index contributed by atoms with van der Waals surface area (Å²) in [5.41, 5.74) is 3.06. The fourth-order valence-corrected chi connectivity index (χ4v) is 3.75. The number of aliphatic imine (C=N–C) groups is 1. The standard InChI is InChI=1S/C19H22F4N2O2/c1-17(7-8-27-11-16(24)25-17)13-9-12(3-4-14(13)20)10-15(26)18(5-2-6-18)19(21,22)23/h3-4,9H,2,5-8,10-11H2,1H3,(H2,24,25)/t17-/m0/s1. The van der Waals surface area contributed by atoms with Crippen molar-refractivity contribution < 1.29 is 27.1 Å². The molecular formula is C19H22F4N2O2. The summed E-state index contributed by atoms with van der Waals surface area (Å²) in [7, 11) is 0. The number of ether oxygens (including phenoxy) is 1. The minimum absolute atomic E-state index is 0.142. The van der Waals surface area contributed by atoms with Gasteiger partial charge in [0.05, 0.1) is 5.54 Å². The summed E-state index contributed by atoms with van der Waals surface area (Å²) < 4.78 is 59.9. The molecule has 1 aliphatic carbocycles. The normalized spacial score (nSPS) is 25.3. The van der Waals surface area contributed by atoms with E-state index in [0.717, 1.165) is 0 Å². The molecule has 1 aromatic carbocycles. The maximum Gasteiger partial charge on any atom is 0.401 e. The molecule has 0 saturated heterocycles. The van der Waals surface area contributed by atoms with Crippen LogP contribution in [0.5, 0.6) is 0 Å². The Kier molecular flexibility index (Phi) is 5.05. The molecule has 1 saturated carbocycles. The first-order valence-corrected chi connectivity index (χ1v) is 8.88. The second-order valence-electron chi connectivity index (χ2n) is 7.53. The van der Waals surface area contributed by atoms with Crippen LogP contribution in [0.4, 0.5) is 17.6 Å². The summed E-state index contributed by atoms with van der Waals surface area (Å²) in [6, 6.07) is 3.95. The molecule has 1 aromatic rings. The average molecular weight is 386 g/mol. The van der Waals surface area contributed by atoms with E-state index in [1.54, 1.807) is 6.92 Å². The number of rotatable bonds is 4. The summed E-state index contributed by atoms with van der Waals surface area (Å²) >= 11 is 0. The lowest BCUT2D eigenvalue weighted by Gasteiger charge is -2.41. The van der Waals surface area contributed by atoms with Crippen LogP contribution in [0.3, 0.4) is 0 Å². The summed E-state index contributed by atoms with van der Waals surface area (Å²) in [4.78, 5) is 16.8. The zero-order chi connectivity index (χ0) is 19.9. The fraction of sp³-hybridized carbons (Fsp3) is 0.579. The second kappa shape index (κ2) is 6.89. The first-order chi connectivity index (χ1) is 12.6. The zero-order valence-electron chi connectivity index (χ0n) is 15.0. The van der Waals surface area contributed by atoms with Crippen LogP contribution in [0.15, 0.2) is 23.2 Å². The number of Topliss-reactive ketones (excluding diaryl/α,β-unsaturated/α-hetero) is 1. The van der Waals surface area contributed by atoms with Crippen LogP contribution >= 0.6 is 0 Å². The molecule has 8 heteroatoms. The lowest BCUT2D eigenvalue weighted by atomic mass is 9.64. The van der Waals surface area contributed by atoms with Crippen LogP contribution in [0.2, 0.25) is 0 Å². The third-order valence-electron chi connectivity index (χ3n) is 5.63. The van der Waals surface area contributed by atoms with Crippen molar-refractivity contribution in [2.24, 2.45) is 16.1 Å². The van der Waals surface area contributed by atoms with Gasteiger partial charge in [-0.05, 0) is 37.8 Å². The first-order valence-electron chi connectivity index (χ1n) is 8.88. The number of halogens is 4. The lowest BCUT2D eigenvalue weighted by molar-refractivity contribution is -0.241. The number of nitrogens with zero attached hydrogens (tertiary/aromatic N) is 1. The number of hydrogen-bond donors (Lipinski definition) is 1. The Balaban J connectivity index is 1.90. The van der Waals surface area contributed by atoms with Gasteiger partial charge in [0, 0.05) is 18.6 Å². The average Bonchev–Trinajstić information content (AvgIpc) is 2.67. The van der Waals surface area contributed by atoms with Crippen LogP contribution in [0, 0.1) is 11.2 Å². The van der Waals surface area contributed by atoms with Gasteiger partial charge in [0.15, 0.2) is 5.78 Å². The summed E-state index contributed by atoms with van der Waals surface area (Å²) in [6.45, 7) is 2.16. The van der Waals surface area contributed by atoms with Crippen molar-refractivity contribution in [2.75, 3.05) is 13.2 Å². The topological polar surface area (TPSA) is 64.7 Å². The van der Waals surface area contributed by atoms with E-state index in [-0.39, 0.29) is 30.8 Å². The van der Waals surface area contributed by atoms with E-state index < -0.39 is 35.2 Å². The molecule has 1 heterocycles. The molecule has 0 unspecified atom stereocenters. The Morgan fingerprint density at radius 3 is 2.59 bits per heavy atom. The predicted molar refractivity (Wildman–Crippen MR) is 91.9 cm³/mol. The molecule has 0 amide bonds. The maximum absolute atomic E-state index is 14.5. The number of carbonyl (C=O) groups excluding carboxylic acids is 1. The van der Waals surface area contributed by atoms with E-state index in [4.69, 9.17) is 10.5 Å². The first kappa shape index (κ1) is 19.8. The van der Waals surface area contributed by atoms with Gasteiger partial charge in [0.1, 0.15) is 23.7 Å². The number of carbonyl (C=O) groups is 1. The van der Waals surface area contributed by atoms with Crippen LogP contribution < -0.4 is 5.73 Å². The summed E-state index contributed by atoms with van der Waals surface area (Å²) in [5.74, 6) is -1.18. The van der Waals surface area contributed by atoms with Gasteiger partial charge in [-0.2, -0.15) is 13.2 Å². The van der Waals surface area contributed by atoms with E-state index in [1.165, 1.54) is 18.2 Å². The Labute approximate surface area is 154 Å². The van der Waals surface area contributed by atoms with Crippen molar-refractivity contribution in [2.45, 2.75) is 50.7 Å².